The number of anilines is 2. The van der Waals surface area contributed by atoms with Crippen LogP contribution in [0.3, 0.4) is 0 Å². The molecule has 32 heavy (non-hydrogen) atoms. The Morgan fingerprint density at radius 2 is 1.75 bits per heavy atom. The fraction of sp³-hybridized carbons (Fsp3) is 0.429. The Morgan fingerprint density at radius 1 is 1.03 bits per heavy atom. The van der Waals surface area contributed by atoms with Gasteiger partial charge in [0.05, 0.1) is 17.8 Å². The minimum atomic E-state index is -3.76. The molecule has 2 fully saturated rings. The summed E-state index contributed by atoms with van der Waals surface area (Å²) < 4.78 is 27.5. The maximum Gasteiger partial charge on any atom is 0.337 e. The number of hydrogen-bond acceptors (Lipinski definition) is 7. The lowest BCUT2D eigenvalue weighted by molar-refractivity contribution is -0.131. The lowest BCUT2D eigenvalue weighted by Crippen LogP contribution is -2.50. The van der Waals surface area contributed by atoms with Crippen LogP contribution in [0.15, 0.2) is 39.9 Å². The molecule has 2 aliphatic rings. The molecule has 2 saturated heterocycles. The SMILES string of the molecule is O=C(O)c1cc(NS(=O)(=O)c2cccs2)ccc1N1CCN(CC(=O)N2CCCC2)CC1. The Morgan fingerprint density at radius 3 is 2.38 bits per heavy atom. The Bertz CT molecular complexity index is 1070. The molecule has 0 saturated carbocycles. The van der Waals surface area contributed by atoms with Gasteiger partial charge in [0.15, 0.2) is 0 Å². The highest BCUT2D eigenvalue weighted by Crippen LogP contribution is 2.28. The number of carboxylic acids is 1. The van der Waals surface area contributed by atoms with E-state index >= 15 is 0 Å². The molecule has 0 bridgehead atoms. The molecule has 2 aromatic rings. The first-order valence-corrected chi connectivity index (χ1v) is 12.9. The maximum atomic E-state index is 12.5. The lowest BCUT2D eigenvalue weighted by atomic mass is 10.1. The first-order valence-electron chi connectivity index (χ1n) is 10.5. The lowest BCUT2D eigenvalue weighted by Gasteiger charge is -2.37. The number of carboxylic acid groups (broad SMARTS) is 1. The number of amides is 1. The summed E-state index contributed by atoms with van der Waals surface area (Å²) in [6.45, 7) is 4.56. The van der Waals surface area contributed by atoms with E-state index in [1.165, 1.54) is 12.1 Å². The molecule has 0 atom stereocenters. The van der Waals surface area contributed by atoms with Gasteiger partial charge in [-0.15, -0.1) is 11.3 Å². The third-order valence-corrected chi connectivity index (χ3v) is 8.55. The van der Waals surface area contributed by atoms with E-state index in [2.05, 4.69) is 9.62 Å². The van der Waals surface area contributed by atoms with Gasteiger partial charge in [0.25, 0.3) is 10.0 Å². The van der Waals surface area contributed by atoms with Gasteiger partial charge in [-0.3, -0.25) is 14.4 Å². The summed E-state index contributed by atoms with van der Waals surface area (Å²) in [5.41, 5.74) is 0.787. The van der Waals surface area contributed by atoms with Crippen LogP contribution in [0.4, 0.5) is 11.4 Å². The third-order valence-electron chi connectivity index (χ3n) is 5.77. The maximum absolute atomic E-state index is 12.5. The van der Waals surface area contributed by atoms with Crippen molar-refractivity contribution in [3.05, 3.63) is 41.3 Å². The van der Waals surface area contributed by atoms with E-state index in [1.807, 2.05) is 9.80 Å². The van der Waals surface area contributed by atoms with Crippen LogP contribution in [-0.2, 0) is 14.8 Å². The number of nitrogens with zero attached hydrogens (tertiary/aromatic N) is 3. The second-order valence-corrected chi connectivity index (χ2v) is 10.8. The monoisotopic (exact) mass is 478 g/mol. The Balaban J connectivity index is 1.42. The molecular formula is C21H26N4O5S2. The number of carbonyl (C=O) groups is 2. The van der Waals surface area contributed by atoms with Crippen LogP contribution in [0.5, 0.6) is 0 Å². The fourth-order valence-corrected chi connectivity index (χ4v) is 6.12. The number of likely N-dealkylation sites (tertiary alicyclic amines) is 1. The molecule has 11 heteroatoms. The second-order valence-electron chi connectivity index (χ2n) is 7.93. The average Bonchev–Trinajstić information content (AvgIpc) is 3.49. The molecule has 4 rings (SSSR count). The van der Waals surface area contributed by atoms with E-state index in [0.29, 0.717) is 38.4 Å². The minimum absolute atomic E-state index is 0.0398. The molecule has 2 aliphatic heterocycles. The Kier molecular flexibility index (Phi) is 6.68. The summed E-state index contributed by atoms with van der Waals surface area (Å²) in [4.78, 5) is 30.3. The zero-order valence-corrected chi connectivity index (χ0v) is 19.2. The van der Waals surface area contributed by atoms with Crippen molar-refractivity contribution in [2.24, 2.45) is 0 Å². The van der Waals surface area contributed by atoms with Crippen molar-refractivity contribution in [2.75, 3.05) is 55.4 Å². The van der Waals surface area contributed by atoms with Crippen molar-refractivity contribution >= 4 is 44.6 Å². The molecule has 9 nitrogen and oxygen atoms in total. The van der Waals surface area contributed by atoms with Crippen LogP contribution < -0.4 is 9.62 Å². The van der Waals surface area contributed by atoms with Crippen molar-refractivity contribution in [1.29, 1.82) is 0 Å². The third kappa shape index (κ3) is 5.05. The second kappa shape index (κ2) is 9.47. The molecule has 0 unspecified atom stereocenters. The van der Waals surface area contributed by atoms with E-state index in [-0.39, 0.29) is 21.4 Å². The predicted molar refractivity (Wildman–Crippen MR) is 123 cm³/mol. The molecule has 1 aromatic carbocycles. The molecule has 3 heterocycles. The Labute approximate surface area is 191 Å². The summed E-state index contributed by atoms with van der Waals surface area (Å²) in [6, 6.07) is 7.71. The molecule has 1 aromatic heterocycles. The fourth-order valence-electron chi connectivity index (χ4n) is 4.07. The van der Waals surface area contributed by atoms with Crippen molar-refractivity contribution < 1.29 is 23.1 Å². The first-order chi connectivity index (χ1) is 15.3. The molecule has 0 spiro atoms. The zero-order valence-electron chi connectivity index (χ0n) is 17.6. The normalized spacial score (nSPS) is 17.5. The van der Waals surface area contributed by atoms with E-state index < -0.39 is 16.0 Å². The van der Waals surface area contributed by atoms with Crippen LogP contribution in [0, 0.1) is 0 Å². The topological polar surface area (TPSA) is 110 Å². The van der Waals surface area contributed by atoms with Gasteiger partial charge in [0.1, 0.15) is 4.21 Å². The molecule has 172 valence electrons. The van der Waals surface area contributed by atoms with Crippen molar-refractivity contribution in [3.8, 4) is 0 Å². The number of rotatable bonds is 7. The predicted octanol–water partition coefficient (Wildman–Crippen LogP) is 1.99. The molecule has 0 aliphatic carbocycles. The van der Waals surface area contributed by atoms with E-state index in [9.17, 15) is 23.1 Å². The van der Waals surface area contributed by atoms with Crippen molar-refractivity contribution in [2.45, 2.75) is 17.1 Å². The number of piperazine rings is 1. The highest BCUT2D eigenvalue weighted by atomic mass is 32.2. The van der Waals surface area contributed by atoms with E-state index in [4.69, 9.17) is 0 Å². The largest absolute Gasteiger partial charge is 0.478 e. The van der Waals surface area contributed by atoms with Crippen molar-refractivity contribution in [3.63, 3.8) is 0 Å². The van der Waals surface area contributed by atoms with E-state index in [1.54, 1.807) is 23.6 Å². The number of hydrogen-bond donors (Lipinski definition) is 2. The van der Waals surface area contributed by atoms with Crippen LogP contribution in [0.1, 0.15) is 23.2 Å². The van der Waals surface area contributed by atoms with Gasteiger partial charge in [0.2, 0.25) is 5.91 Å². The van der Waals surface area contributed by atoms with Gasteiger partial charge in [-0.05, 0) is 42.5 Å². The van der Waals surface area contributed by atoms with Gasteiger partial charge in [-0.25, -0.2) is 13.2 Å². The number of benzene rings is 1. The van der Waals surface area contributed by atoms with Crippen LogP contribution in [-0.4, -0.2) is 81.0 Å². The molecule has 0 radical (unpaired) electrons. The van der Waals surface area contributed by atoms with Gasteiger partial charge >= 0.3 is 5.97 Å². The summed E-state index contributed by atoms with van der Waals surface area (Å²) in [6.07, 6.45) is 2.13. The number of carbonyl (C=O) groups excluding carboxylic acids is 1. The summed E-state index contributed by atoms with van der Waals surface area (Å²) in [7, 11) is -3.76. The van der Waals surface area contributed by atoms with E-state index in [0.717, 1.165) is 37.3 Å². The van der Waals surface area contributed by atoms with Gasteiger partial charge < -0.3 is 14.9 Å². The van der Waals surface area contributed by atoms with Crippen LogP contribution >= 0.6 is 11.3 Å². The zero-order chi connectivity index (χ0) is 22.7. The highest BCUT2D eigenvalue weighted by molar-refractivity contribution is 7.94. The highest BCUT2D eigenvalue weighted by Gasteiger charge is 2.26. The standard InChI is InChI=1S/C21H26N4O5S2/c26-19(25-7-1-2-8-25)15-23-9-11-24(12-10-23)18-6-5-16(14-17(18)21(27)28)22-32(29,30)20-4-3-13-31-20/h3-6,13-14,22H,1-2,7-12,15H2,(H,27,28). The minimum Gasteiger partial charge on any atom is -0.478 e. The van der Waals surface area contributed by atoms with Gasteiger partial charge in [-0.2, -0.15) is 0 Å². The smallest absolute Gasteiger partial charge is 0.337 e. The first kappa shape index (κ1) is 22.6. The molecule has 2 N–H and O–H groups in total. The van der Waals surface area contributed by atoms with Crippen LogP contribution in [0.2, 0.25) is 0 Å². The average molecular weight is 479 g/mol. The Hall–Kier alpha value is -2.63. The van der Waals surface area contributed by atoms with Gasteiger partial charge in [-0.1, -0.05) is 6.07 Å². The van der Waals surface area contributed by atoms with Crippen molar-refractivity contribution in [1.82, 2.24) is 9.80 Å². The molecule has 1 amide bonds. The summed E-state index contributed by atoms with van der Waals surface area (Å²) in [5, 5.41) is 11.4. The number of nitrogens with one attached hydrogen (secondary N) is 1. The van der Waals surface area contributed by atoms with Crippen LogP contribution in [0.25, 0.3) is 0 Å². The summed E-state index contributed by atoms with van der Waals surface area (Å²) >= 11 is 1.09. The number of sulfonamides is 1. The quantitative estimate of drug-likeness (QED) is 0.626. The summed E-state index contributed by atoms with van der Waals surface area (Å²) in [5.74, 6) is -0.964. The van der Waals surface area contributed by atoms with Gasteiger partial charge in [0, 0.05) is 45.0 Å². The number of aromatic carboxylic acids is 1. The number of thiophene rings is 1. The molecular weight excluding hydrogens is 452 g/mol.